The van der Waals surface area contributed by atoms with E-state index in [4.69, 9.17) is 5.11 Å². The summed E-state index contributed by atoms with van der Waals surface area (Å²) >= 11 is 0. The summed E-state index contributed by atoms with van der Waals surface area (Å²) in [5.41, 5.74) is 0.949. The van der Waals surface area contributed by atoms with Crippen LogP contribution in [0.2, 0.25) is 0 Å². The van der Waals surface area contributed by atoms with Crippen LogP contribution in [0.25, 0.3) is 0 Å². The highest BCUT2D eigenvalue weighted by Gasteiger charge is 2.31. The number of ether oxygens (including phenoxy) is 1. The van der Waals surface area contributed by atoms with Gasteiger partial charge in [-0.3, -0.25) is 4.90 Å². The lowest BCUT2D eigenvalue weighted by atomic mass is 9.99. The van der Waals surface area contributed by atoms with Crippen molar-refractivity contribution in [1.82, 2.24) is 10.2 Å². The van der Waals surface area contributed by atoms with Gasteiger partial charge in [-0.15, -0.1) is 13.2 Å². The first-order valence-electron chi connectivity index (χ1n) is 7.41. The zero-order chi connectivity index (χ0) is 16.0. The van der Waals surface area contributed by atoms with Crippen molar-refractivity contribution in [2.24, 2.45) is 0 Å². The lowest BCUT2D eigenvalue weighted by Gasteiger charge is -2.35. The highest BCUT2D eigenvalue weighted by molar-refractivity contribution is 5.29. The van der Waals surface area contributed by atoms with Crippen molar-refractivity contribution in [1.29, 1.82) is 0 Å². The Bertz CT molecular complexity index is 445. The van der Waals surface area contributed by atoms with Crippen LogP contribution in [0.1, 0.15) is 24.4 Å². The van der Waals surface area contributed by atoms with Gasteiger partial charge in [0.2, 0.25) is 0 Å². The fourth-order valence-electron chi connectivity index (χ4n) is 2.73. The largest absolute Gasteiger partial charge is 0.573 e. The summed E-state index contributed by atoms with van der Waals surface area (Å²) in [4.78, 5) is 2.30. The van der Waals surface area contributed by atoms with E-state index >= 15 is 0 Å². The number of rotatable bonds is 6. The monoisotopic (exact) mass is 318 g/mol. The predicted molar refractivity (Wildman–Crippen MR) is 76.6 cm³/mol. The molecule has 1 aromatic rings. The van der Waals surface area contributed by atoms with E-state index < -0.39 is 6.36 Å². The smallest absolute Gasteiger partial charge is 0.406 e. The van der Waals surface area contributed by atoms with Gasteiger partial charge in [-0.25, -0.2) is 0 Å². The zero-order valence-electron chi connectivity index (χ0n) is 12.3. The number of hydrogen-bond donors (Lipinski definition) is 2. The normalized spacial score (nSPS) is 18.2. The molecule has 124 valence electrons. The second-order valence-electron chi connectivity index (χ2n) is 5.28. The Hall–Kier alpha value is -1.31. The number of hydrogen-bond acceptors (Lipinski definition) is 4. The number of halogens is 3. The third kappa shape index (κ3) is 5.15. The Morgan fingerprint density at radius 1 is 1.18 bits per heavy atom. The summed E-state index contributed by atoms with van der Waals surface area (Å²) in [5.74, 6) is -0.211. The standard InChI is InChI=1S/C15H21F3N2O2/c16-15(17,18)22-13-5-3-12(4-6-13)14(2-1-11-21)20-9-7-19-8-10-20/h3-6,14,19,21H,1-2,7-11H2/t14-/m1/s1. The maximum Gasteiger partial charge on any atom is 0.573 e. The minimum absolute atomic E-state index is 0.106. The fraction of sp³-hybridized carbons (Fsp3) is 0.600. The highest BCUT2D eigenvalue weighted by Crippen LogP contribution is 2.29. The van der Waals surface area contributed by atoms with Crippen molar-refractivity contribution in [2.75, 3.05) is 32.8 Å². The molecule has 22 heavy (non-hydrogen) atoms. The van der Waals surface area contributed by atoms with E-state index in [0.29, 0.717) is 6.42 Å². The van der Waals surface area contributed by atoms with Crippen molar-refractivity contribution in [3.63, 3.8) is 0 Å². The average molecular weight is 318 g/mol. The second-order valence-corrected chi connectivity index (χ2v) is 5.28. The van der Waals surface area contributed by atoms with Gasteiger partial charge in [-0.1, -0.05) is 12.1 Å². The molecule has 1 aliphatic heterocycles. The third-order valence-electron chi connectivity index (χ3n) is 3.73. The molecule has 1 aliphatic rings. The van der Waals surface area contributed by atoms with E-state index in [-0.39, 0.29) is 18.4 Å². The van der Waals surface area contributed by atoms with Gasteiger partial charge in [-0.05, 0) is 30.5 Å². The van der Waals surface area contributed by atoms with Crippen LogP contribution in [0.5, 0.6) is 5.75 Å². The minimum atomic E-state index is -4.67. The van der Waals surface area contributed by atoms with E-state index in [2.05, 4.69) is 15.0 Å². The molecule has 0 bridgehead atoms. The number of aliphatic hydroxyl groups is 1. The van der Waals surface area contributed by atoms with Crippen molar-refractivity contribution >= 4 is 0 Å². The Morgan fingerprint density at radius 2 is 1.82 bits per heavy atom. The molecule has 0 aliphatic carbocycles. The fourth-order valence-corrected chi connectivity index (χ4v) is 2.73. The topological polar surface area (TPSA) is 44.7 Å². The number of piperazine rings is 1. The van der Waals surface area contributed by atoms with E-state index in [1.807, 2.05) is 0 Å². The molecule has 2 N–H and O–H groups in total. The second kappa shape index (κ2) is 7.80. The number of benzene rings is 1. The van der Waals surface area contributed by atoms with Gasteiger partial charge in [0.1, 0.15) is 5.75 Å². The molecule has 1 heterocycles. The molecule has 2 rings (SSSR count). The summed E-state index contributed by atoms with van der Waals surface area (Å²) < 4.78 is 40.5. The van der Waals surface area contributed by atoms with Crippen molar-refractivity contribution in [3.8, 4) is 5.75 Å². The summed E-state index contributed by atoms with van der Waals surface area (Å²) in [5, 5.41) is 12.3. The first kappa shape index (κ1) is 17.1. The molecule has 1 fully saturated rings. The van der Waals surface area contributed by atoms with Crippen molar-refractivity contribution in [2.45, 2.75) is 25.2 Å². The molecule has 0 spiro atoms. The predicted octanol–water partition coefficient (Wildman–Crippen LogP) is 2.30. The lowest BCUT2D eigenvalue weighted by Crippen LogP contribution is -2.45. The van der Waals surface area contributed by atoms with Gasteiger partial charge in [0.15, 0.2) is 0 Å². The van der Waals surface area contributed by atoms with Gasteiger partial charge in [-0.2, -0.15) is 0 Å². The summed E-state index contributed by atoms with van der Waals surface area (Å²) in [7, 11) is 0. The van der Waals surface area contributed by atoms with Crippen LogP contribution in [0.4, 0.5) is 13.2 Å². The molecule has 1 aromatic carbocycles. The van der Waals surface area contributed by atoms with Crippen LogP contribution >= 0.6 is 0 Å². The number of nitrogens with one attached hydrogen (secondary N) is 1. The molecule has 0 aromatic heterocycles. The molecule has 7 heteroatoms. The first-order chi connectivity index (χ1) is 10.5. The molecule has 1 saturated heterocycles. The Balaban J connectivity index is 2.09. The summed E-state index contributed by atoms with van der Waals surface area (Å²) in [6.07, 6.45) is -3.23. The maximum atomic E-state index is 12.2. The molecule has 4 nitrogen and oxygen atoms in total. The van der Waals surface area contributed by atoms with Crippen molar-refractivity contribution in [3.05, 3.63) is 29.8 Å². The first-order valence-corrected chi connectivity index (χ1v) is 7.41. The van der Waals surface area contributed by atoms with E-state index in [1.54, 1.807) is 12.1 Å². The van der Waals surface area contributed by atoms with Gasteiger partial charge >= 0.3 is 6.36 Å². The van der Waals surface area contributed by atoms with E-state index in [1.165, 1.54) is 12.1 Å². The van der Waals surface area contributed by atoms with Gasteiger partial charge in [0, 0.05) is 38.8 Å². The Kier molecular flexibility index (Phi) is 6.05. The third-order valence-corrected chi connectivity index (χ3v) is 3.73. The molecule has 0 amide bonds. The van der Waals surface area contributed by atoms with Crippen LogP contribution in [0.3, 0.4) is 0 Å². The Morgan fingerprint density at radius 3 is 2.36 bits per heavy atom. The maximum absolute atomic E-state index is 12.2. The minimum Gasteiger partial charge on any atom is -0.406 e. The Labute approximate surface area is 127 Å². The highest BCUT2D eigenvalue weighted by atomic mass is 19.4. The molecular weight excluding hydrogens is 297 g/mol. The van der Waals surface area contributed by atoms with Crippen LogP contribution < -0.4 is 10.1 Å². The summed E-state index contributed by atoms with van der Waals surface area (Å²) in [6, 6.07) is 6.14. The van der Waals surface area contributed by atoms with Gasteiger partial charge < -0.3 is 15.2 Å². The van der Waals surface area contributed by atoms with Gasteiger partial charge in [0.25, 0.3) is 0 Å². The number of aliphatic hydroxyl groups excluding tert-OH is 1. The molecule has 0 radical (unpaired) electrons. The molecule has 0 saturated carbocycles. The zero-order valence-corrected chi connectivity index (χ0v) is 12.3. The van der Waals surface area contributed by atoms with Crippen molar-refractivity contribution < 1.29 is 23.0 Å². The number of nitrogens with zero attached hydrogens (tertiary/aromatic N) is 1. The van der Waals surface area contributed by atoms with Crippen LogP contribution in [0.15, 0.2) is 24.3 Å². The lowest BCUT2D eigenvalue weighted by molar-refractivity contribution is -0.274. The van der Waals surface area contributed by atoms with Gasteiger partial charge in [0.05, 0.1) is 0 Å². The van der Waals surface area contributed by atoms with Crippen LogP contribution in [-0.4, -0.2) is 49.2 Å². The summed E-state index contributed by atoms with van der Waals surface area (Å²) in [6.45, 7) is 3.67. The quantitative estimate of drug-likeness (QED) is 0.845. The number of alkyl halides is 3. The van der Waals surface area contributed by atoms with E-state index in [9.17, 15) is 13.2 Å². The molecule has 0 unspecified atom stereocenters. The van der Waals surface area contributed by atoms with Crippen LogP contribution in [-0.2, 0) is 0 Å². The van der Waals surface area contributed by atoms with E-state index in [0.717, 1.165) is 38.2 Å². The van der Waals surface area contributed by atoms with Crippen LogP contribution in [0, 0.1) is 0 Å². The average Bonchev–Trinajstić information content (AvgIpc) is 2.49. The molecular formula is C15H21F3N2O2. The molecule has 1 atom stereocenters. The SMILES string of the molecule is OCCC[C@H](c1ccc(OC(F)(F)F)cc1)N1CCNCC1.